The quantitative estimate of drug-likeness (QED) is 0.292. The minimum absolute atomic E-state index is 0.150. The lowest BCUT2D eigenvalue weighted by Crippen LogP contribution is -2.19. The zero-order valence-corrected chi connectivity index (χ0v) is 16.7. The second-order valence-electron chi connectivity index (χ2n) is 7.00. The van der Waals surface area contributed by atoms with E-state index < -0.39 is 17.8 Å². The van der Waals surface area contributed by atoms with Gasteiger partial charge in [0.25, 0.3) is 0 Å². The van der Waals surface area contributed by atoms with Gasteiger partial charge in [-0.15, -0.1) is 0 Å². The maximum Gasteiger partial charge on any atom is 0.375 e. The van der Waals surface area contributed by atoms with Crippen LogP contribution in [0.15, 0.2) is 63.5 Å². The molecule has 2 heterocycles. The first-order valence-corrected chi connectivity index (χ1v) is 9.41. The van der Waals surface area contributed by atoms with Crippen LogP contribution in [0.2, 0.25) is 0 Å². The van der Waals surface area contributed by atoms with Crippen LogP contribution < -0.4 is 5.43 Å². The molecule has 4 aromatic rings. The van der Waals surface area contributed by atoms with Crippen LogP contribution >= 0.6 is 0 Å². The Labute approximate surface area is 176 Å². The molecule has 0 fully saturated rings. The molecule has 0 saturated carbocycles. The highest BCUT2D eigenvalue weighted by atomic mass is 16.6. The molecule has 1 atom stereocenters. The van der Waals surface area contributed by atoms with Crippen LogP contribution in [-0.4, -0.2) is 27.1 Å². The number of nitrogens with one attached hydrogen (secondary N) is 1. The number of hydrogen-bond donors (Lipinski definition) is 2. The smallest absolute Gasteiger partial charge is 0.375 e. The van der Waals surface area contributed by atoms with E-state index in [1.165, 1.54) is 6.92 Å². The Morgan fingerprint density at radius 2 is 2.03 bits per heavy atom. The number of esters is 1. The van der Waals surface area contributed by atoms with E-state index in [0.717, 1.165) is 11.6 Å². The standard InChI is InChI=1S/C23H17N3O5/c1-12-7-8-19-14(9-12)18(27)10-20(31-19)23(29)30-13(2)21(28)15(11-24)22-25-16-5-3-4-6-17(16)26-22/h3-10,13,28H,1-2H3,(H,25,26)/b21-15-/t13-/m1/s1. The summed E-state index contributed by atoms with van der Waals surface area (Å²) in [6.07, 6.45) is -1.19. The number of nitrogens with zero attached hydrogens (tertiary/aromatic N) is 2. The largest absolute Gasteiger partial charge is 0.507 e. The lowest BCUT2D eigenvalue weighted by atomic mass is 10.1. The van der Waals surface area contributed by atoms with Gasteiger partial charge in [0.1, 0.15) is 17.2 Å². The minimum atomic E-state index is -1.19. The number of H-pyrrole nitrogens is 1. The van der Waals surface area contributed by atoms with Crippen molar-refractivity contribution >= 4 is 33.5 Å². The summed E-state index contributed by atoms with van der Waals surface area (Å²) >= 11 is 0. The van der Waals surface area contributed by atoms with Crippen molar-refractivity contribution in [3.63, 3.8) is 0 Å². The number of rotatable bonds is 4. The molecule has 0 radical (unpaired) electrons. The topological polar surface area (TPSA) is 129 Å². The average Bonchev–Trinajstić information content (AvgIpc) is 3.18. The third-order valence-electron chi connectivity index (χ3n) is 4.75. The first-order chi connectivity index (χ1) is 14.9. The van der Waals surface area contributed by atoms with Crippen molar-refractivity contribution in [1.82, 2.24) is 9.97 Å². The normalized spacial score (nSPS) is 12.9. The molecule has 0 saturated heterocycles. The van der Waals surface area contributed by atoms with Gasteiger partial charge in [-0.3, -0.25) is 4.79 Å². The predicted octanol–water partition coefficient (Wildman–Crippen LogP) is 4.02. The summed E-state index contributed by atoms with van der Waals surface area (Å²) < 4.78 is 10.7. The zero-order valence-electron chi connectivity index (χ0n) is 16.7. The molecule has 0 spiro atoms. The van der Waals surface area contributed by atoms with Crippen LogP contribution in [0.4, 0.5) is 0 Å². The number of carbonyl (C=O) groups excluding carboxylic acids is 1. The Kier molecular flexibility index (Phi) is 5.01. The number of ether oxygens (including phenoxy) is 1. The van der Waals surface area contributed by atoms with Gasteiger partial charge in [-0.25, -0.2) is 9.78 Å². The SMILES string of the molecule is Cc1ccc2oc(C(=O)O[C@H](C)/C(O)=C(\C#N)c3nc4ccccc4[nH]3)cc(=O)c2c1. The summed E-state index contributed by atoms with van der Waals surface area (Å²) in [7, 11) is 0. The van der Waals surface area contributed by atoms with Gasteiger partial charge in [-0.1, -0.05) is 23.8 Å². The summed E-state index contributed by atoms with van der Waals surface area (Å²) in [4.78, 5) is 32.1. The number of allylic oxidation sites excluding steroid dienone is 1. The number of aromatic nitrogens is 2. The number of aromatic amines is 1. The summed E-state index contributed by atoms with van der Waals surface area (Å²) in [5.74, 6) is -1.57. The van der Waals surface area contributed by atoms with Gasteiger partial charge in [-0.2, -0.15) is 5.26 Å². The van der Waals surface area contributed by atoms with E-state index in [1.54, 1.807) is 36.4 Å². The molecule has 2 aromatic carbocycles. The van der Waals surface area contributed by atoms with Crippen molar-refractivity contribution < 1.29 is 19.1 Å². The fraction of sp³-hybridized carbons (Fsp3) is 0.130. The van der Waals surface area contributed by atoms with Gasteiger partial charge >= 0.3 is 5.97 Å². The summed E-state index contributed by atoms with van der Waals surface area (Å²) in [5.41, 5.74) is 1.90. The summed E-state index contributed by atoms with van der Waals surface area (Å²) in [5, 5.41) is 20.4. The van der Waals surface area contributed by atoms with E-state index in [2.05, 4.69) is 9.97 Å². The van der Waals surface area contributed by atoms with Crippen LogP contribution in [0.5, 0.6) is 0 Å². The molecule has 0 aliphatic heterocycles. The molecule has 0 amide bonds. The van der Waals surface area contributed by atoms with Crippen LogP contribution in [-0.2, 0) is 4.74 Å². The molecule has 0 bridgehead atoms. The van der Waals surface area contributed by atoms with E-state index in [0.29, 0.717) is 16.4 Å². The molecule has 8 heteroatoms. The first-order valence-electron chi connectivity index (χ1n) is 9.41. The molecular weight excluding hydrogens is 398 g/mol. The Morgan fingerprint density at radius 3 is 2.77 bits per heavy atom. The van der Waals surface area contributed by atoms with Crippen LogP contribution in [0, 0.1) is 18.3 Å². The molecule has 2 N–H and O–H groups in total. The maximum atomic E-state index is 12.5. The van der Waals surface area contributed by atoms with E-state index in [9.17, 15) is 20.0 Å². The summed E-state index contributed by atoms with van der Waals surface area (Å²) in [6.45, 7) is 3.24. The molecule has 4 rings (SSSR count). The number of carbonyl (C=O) groups is 1. The third-order valence-corrected chi connectivity index (χ3v) is 4.75. The number of fused-ring (bicyclic) bond motifs is 2. The number of aliphatic hydroxyl groups is 1. The second-order valence-corrected chi connectivity index (χ2v) is 7.00. The Morgan fingerprint density at radius 1 is 1.26 bits per heavy atom. The third kappa shape index (κ3) is 3.76. The highest BCUT2D eigenvalue weighted by molar-refractivity contribution is 5.89. The Hall–Kier alpha value is -4.38. The average molecular weight is 415 g/mol. The lowest BCUT2D eigenvalue weighted by Gasteiger charge is -2.13. The van der Waals surface area contributed by atoms with Crippen LogP contribution in [0.1, 0.15) is 28.9 Å². The molecule has 0 aliphatic carbocycles. The van der Waals surface area contributed by atoms with Gasteiger partial charge in [0.2, 0.25) is 5.76 Å². The number of aryl methyl sites for hydroxylation is 1. The second kappa shape index (κ2) is 7.80. The van der Waals surface area contributed by atoms with Crippen molar-refractivity contribution in [2.75, 3.05) is 0 Å². The van der Waals surface area contributed by atoms with Gasteiger partial charge in [-0.05, 0) is 38.1 Å². The number of nitriles is 1. The van der Waals surface area contributed by atoms with E-state index in [1.807, 2.05) is 19.1 Å². The molecule has 0 aliphatic rings. The van der Waals surface area contributed by atoms with E-state index in [-0.39, 0.29) is 28.2 Å². The number of imidazole rings is 1. The highest BCUT2D eigenvalue weighted by Crippen LogP contribution is 2.22. The van der Waals surface area contributed by atoms with Gasteiger partial charge < -0.3 is 19.2 Å². The zero-order chi connectivity index (χ0) is 22.1. The van der Waals surface area contributed by atoms with E-state index in [4.69, 9.17) is 9.15 Å². The Bertz CT molecular complexity index is 1420. The maximum absolute atomic E-state index is 12.5. The fourth-order valence-corrected chi connectivity index (χ4v) is 3.15. The summed E-state index contributed by atoms with van der Waals surface area (Å²) in [6, 6.07) is 15.1. The van der Waals surface area contributed by atoms with Gasteiger partial charge in [0.05, 0.1) is 16.4 Å². The molecule has 2 aromatic heterocycles. The monoisotopic (exact) mass is 415 g/mol. The lowest BCUT2D eigenvalue weighted by molar-refractivity contribution is 0.0299. The van der Waals surface area contributed by atoms with Crippen molar-refractivity contribution in [2.24, 2.45) is 0 Å². The van der Waals surface area contributed by atoms with Crippen LogP contribution in [0.25, 0.3) is 27.6 Å². The van der Waals surface area contributed by atoms with E-state index >= 15 is 0 Å². The first kappa shape index (κ1) is 19.9. The van der Waals surface area contributed by atoms with Crippen molar-refractivity contribution in [1.29, 1.82) is 5.26 Å². The van der Waals surface area contributed by atoms with Crippen molar-refractivity contribution in [3.8, 4) is 6.07 Å². The number of benzene rings is 2. The molecule has 31 heavy (non-hydrogen) atoms. The molecule has 0 unspecified atom stereocenters. The Balaban J connectivity index is 1.63. The van der Waals surface area contributed by atoms with Crippen molar-refractivity contribution in [3.05, 3.63) is 81.7 Å². The molecule has 154 valence electrons. The van der Waals surface area contributed by atoms with Gasteiger partial charge in [0, 0.05) is 6.07 Å². The number of para-hydroxylation sites is 2. The number of hydrogen-bond acceptors (Lipinski definition) is 7. The fourth-order valence-electron chi connectivity index (χ4n) is 3.15. The van der Waals surface area contributed by atoms with Crippen molar-refractivity contribution in [2.45, 2.75) is 20.0 Å². The molecular formula is C23H17N3O5. The number of aliphatic hydroxyl groups excluding tert-OH is 1. The highest BCUT2D eigenvalue weighted by Gasteiger charge is 2.23. The van der Waals surface area contributed by atoms with Gasteiger partial charge in [0.15, 0.2) is 23.1 Å². The van der Waals surface area contributed by atoms with Crippen LogP contribution in [0.3, 0.4) is 0 Å². The molecule has 8 nitrogen and oxygen atoms in total. The minimum Gasteiger partial charge on any atom is -0.507 e. The predicted molar refractivity (Wildman–Crippen MR) is 113 cm³/mol.